The number of benzene rings is 1. The average molecular weight is 425 g/mol. The van der Waals surface area contributed by atoms with Gasteiger partial charge in [-0.2, -0.15) is 0 Å². The fourth-order valence-corrected chi connectivity index (χ4v) is 5.86. The van der Waals surface area contributed by atoms with E-state index in [1.165, 1.54) is 12.8 Å². The monoisotopic (exact) mass is 424 g/mol. The molecule has 4 amide bonds. The first-order valence-electron chi connectivity index (χ1n) is 11.0. The van der Waals surface area contributed by atoms with Gasteiger partial charge in [0.25, 0.3) is 11.8 Å². The van der Waals surface area contributed by atoms with Crippen LogP contribution in [-0.4, -0.2) is 70.2 Å². The molecule has 0 aromatic heterocycles. The number of nitrogens with zero attached hydrogens (tertiary/aromatic N) is 3. The lowest BCUT2D eigenvalue weighted by Crippen LogP contribution is -2.60. The zero-order chi connectivity index (χ0) is 22.1. The lowest BCUT2D eigenvalue weighted by molar-refractivity contribution is -0.136. The average Bonchev–Trinajstić information content (AvgIpc) is 3.13. The maximum absolute atomic E-state index is 13.1. The van der Waals surface area contributed by atoms with Gasteiger partial charge in [-0.1, -0.05) is 0 Å². The van der Waals surface area contributed by atoms with E-state index in [4.69, 9.17) is 0 Å². The maximum atomic E-state index is 13.1. The van der Waals surface area contributed by atoms with Crippen molar-refractivity contribution in [3.05, 3.63) is 29.3 Å². The van der Waals surface area contributed by atoms with Crippen molar-refractivity contribution in [3.63, 3.8) is 0 Å². The molecule has 4 aliphatic rings. The molecule has 8 nitrogen and oxygen atoms in total. The van der Waals surface area contributed by atoms with E-state index in [2.05, 4.69) is 35.9 Å². The van der Waals surface area contributed by atoms with Gasteiger partial charge in [0.15, 0.2) is 0 Å². The van der Waals surface area contributed by atoms with Crippen molar-refractivity contribution < 1.29 is 19.2 Å². The van der Waals surface area contributed by atoms with Gasteiger partial charge >= 0.3 is 0 Å². The number of amides is 4. The van der Waals surface area contributed by atoms with Crippen molar-refractivity contribution >= 4 is 29.3 Å². The summed E-state index contributed by atoms with van der Waals surface area (Å²) in [7, 11) is 0. The zero-order valence-electron chi connectivity index (χ0n) is 18.2. The molecule has 0 spiro atoms. The second-order valence-electron chi connectivity index (χ2n) is 10.0. The van der Waals surface area contributed by atoms with Crippen LogP contribution in [0.5, 0.6) is 0 Å². The predicted octanol–water partition coefficient (Wildman–Crippen LogP) is 1.54. The number of nitrogens with one attached hydrogen (secondary N) is 1. The van der Waals surface area contributed by atoms with Crippen LogP contribution < -0.4 is 10.2 Å². The number of anilines is 1. The predicted molar refractivity (Wildman–Crippen MR) is 114 cm³/mol. The minimum Gasteiger partial charge on any atom is -0.368 e. The van der Waals surface area contributed by atoms with Crippen LogP contribution in [0, 0.1) is 0 Å². The first kappa shape index (κ1) is 20.2. The minimum absolute atomic E-state index is 0.121. The molecule has 0 aliphatic carbocycles. The number of piperazine rings is 1. The van der Waals surface area contributed by atoms with Gasteiger partial charge < -0.3 is 4.90 Å². The fraction of sp³-hybridized carbons (Fsp3) is 0.565. The van der Waals surface area contributed by atoms with Gasteiger partial charge in [-0.3, -0.25) is 34.3 Å². The molecule has 0 saturated carbocycles. The summed E-state index contributed by atoms with van der Waals surface area (Å²) in [6.45, 7) is 8.57. The molecule has 164 valence electrons. The lowest BCUT2D eigenvalue weighted by Gasteiger charge is -2.48. The first-order valence-corrected chi connectivity index (χ1v) is 11.0. The van der Waals surface area contributed by atoms with E-state index in [1.54, 1.807) is 12.1 Å². The third-order valence-electron chi connectivity index (χ3n) is 7.05. The highest BCUT2D eigenvalue weighted by molar-refractivity contribution is 6.23. The van der Waals surface area contributed by atoms with E-state index in [9.17, 15) is 19.2 Å². The second kappa shape index (κ2) is 6.88. The van der Waals surface area contributed by atoms with Crippen LogP contribution in [0.1, 0.15) is 67.2 Å². The Labute approximate surface area is 181 Å². The second-order valence-corrected chi connectivity index (χ2v) is 10.0. The summed E-state index contributed by atoms with van der Waals surface area (Å²) in [6.07, 6.45) is 2.63. The quantitative estimate of drug-likeness (QED) is 0.725. The third-order valence-corrected chi connectivity index (χ3v) is 7.05. The number of rotatable bonds is 2. The van der Waals surface area contributed by atoms with Crippen molar-refractivity contribution in [1.29, 1.82) is 0 Å². The smallest absolute Gasteiger partial charge is 0.262 e. The topological polar surface area (TPSA) is 90.0 Å². The van der Waals surface area contributed by atoms with Crippen LogP contribution in [0.2, 0.25) is 0 Å². The van der Waals surface area contributed by atoms with Gasteiger partial charge in [-0.05, 0) is 58.2 Å². The molecule has 4 aliphatic heterocycles. The summed E-state index contributed by atoms with van der Waals surface area (Å²) in [5.74, 6) is -1.86. The number of fused-ring (bicyclic) bond motifs is 3. The zero-order valence-corrected chi connectivity index (χ0v) is 18.2. The molecule has 4 heterocycles. The van der Waals surface area contributed by atoms with Crippen LogP contribution in [-0.2, 0) is 9.59 Å². The van der Waals surface area contributed by atoms with E-state index < -0.39 is 23.8 Å². The Kier molecular flexibility index (Phi) is 4.48. The van der Waals surface area contributed by atoms with E-state index in [0.29, 0.717) is 23.2 Å². The number of hydrogen-bond acceptors (Lipinski definition) is 6. The van der Waals surface area contributed by atoms with Crippen molar-refractivity contribution in [2.24, 2.45) is 0 Å². The Balaban J connectivity index is 1.39. The molecule has 2 bridgehead atoms. The number of piperidine rings is 1. The molecule has 3 atom stereocenters. The molecule has 31 heavy (non-hydrogen) atoms. The Morgan fingerprint density at radius 1 is 0.903 bits per heavy atom. The Morgan fingerprint density at radius 3 is 2.16 bits per heavy atom. The van der Waals surface area contributed by atoms with E-state index in [-0.39, 0.29) is 24.3 Å². The Bertz CT molecular complexity index is 984. The van der Waals surface area contributed by atoms with Gasteiger partial charge in [0.1, 0.15) is 6.04 Å². The van der Waals surface area contributed by atoms with Gasteiger partial charge in [-0.25, -0.2) is 0 Å². The normalized spacial score (nSPS) is 28.9. The van der Waals surface area contributed by atoms with Crippen LogP contribution >= 0.6 is 0 Å². The van der Waals surface area contributed by atoms with Crippen LogP contribution in [0.15, 0.2) is 18.2 Å². The molecular formula is C23H28N4O4. The van der Waals surface area contributed by atoms with Gasteiger partial charge in [-0.15, -0.1) is 0 Å². The van der Waals surface area contributed by atoms with E-state index in [1.807, 2.05) is 6.07 Å². The van der Waals surface area contributed by atoms with Crippen LogP contribution in [0.3, 0.4) is 0 Å². The lowest BCUT2D eigenvalue weighted by atomic mass is 9.99. The van der Waals surface area contributed by atoms with Crippen molar-refractivity contribution in [2.75, 3.05) is 18.0 Å². The number of carbonyl (C=O) groups excluding carboxylic acids is 4. The Morgan fingerprint density at radius 2 is 1.55 bits per heavy atom. The summed E-state index contributed by atoms with van der Waals surface area (Å²) in [5.41, 5.74) is 1.74. The summed E-state index contributed by atoms with van der Waals surface area (Å²) in [5, 5.41) is 2.23. The van der Waals surface area contributed by atoms with Gasteiger partial charge in [0.2, 0.25) is 11.8 Å². The standard InChI is InChI=1S/C23H28N4O4/c1-23(2,3)27-14-4-5-15(27)12-25(11-14)13-6-7-16-17(10-13)22(31)26(21(16)30)18-8-9-19(28)24-20(18)29/h6-7,10,14-15,18H,4-5,8-9,11-12H2,1-3H3,(H,24,28,29). The molecular weight excluding hydrogens is 396 g/mol. The molecule has 3 unspecified atom stereocenters. The van der Waals surface area contributed by atoms with Gasteiger partial charge in [0, 0.05) is 42.8 Å². The van der Waals surface area contributed by atoms with Crippen molar-refractivity contribution in [1.82, 2.24) is 15.1 Å². The maximum Gasteiger partial charge on any atom is 0.262 e. The van der Waals surface area contributed by atoms with Crippen molar-refractivity contribution in [2.45, 2.75) is 70.1 Å². The molecule has 8 heteroatoms. The summed E-state index contributed by atoms with van der Waals surface area (Å²) in [4.78, 5) is 55.7. The highest BCUT2D eigenvalue weighted by Gasteiger charge is 2.47. The molecule has 3 saturated heterocycles. The molecule has 1 aromatic rings. The molecule has 3 fully saturated rings. The molecule has 5 rings (SSSR count). The van der Waals surface area contributed by atoms with Gasteiger partial charge in [0.05, 0.1) is 11.1 Å². The van der Waals surface area contributed by atoms with E-state index in [0.717, 1.165) is 23.7 Å². The minimum atomic E-state index is -0.931. The SMILES string of the molecule is CC(C)(C)N1C2CCC1CN(c1ccc3c(c1)C(=O)N(C1CCC(=O)NC1=O)C3=O)C2. The molecule has 1 N–H and O–H groups in total. The van der Waals surface area contributed by atoms with Crippen LogP contribution in [0.4, 0.5) is 5.69 Å². The van der Waals surface area contributed by atoms with E-state index >= 15 is 0 Å². The van der Waals surface area contributed by atoms with Crippen molar-refractivity contribution in [3.8, 4) is 0 Å². The highest BCUT2D eigenvalue weighted by Crippen LogP contribution is 2.38. The summed E-state index contributed by atoms with van der Waals surface area (Å²) in [6, 6.07) is 5.43. The Hall–Kier alpha value is -2.74. The fourth-order valence-electron chi connectivity index (χ4n) is 5.86. The molecule has 0 radical (unpaired) electrons. The summed E-state index contributed by atoms with van der Waals surface area (Å²) >= 11 is 0. The number of hydrogen-bond donors (Lipinski definition) is 1. The van der Waals surface area contributed by atoms with Crippen LogP contribution in [0.25, 0.3) is 0 Å². The largest absolute Gasteiger partial charge is 0.368 e. The highest BCUT2D eigenvalue weighted by atomic mass is 16.2. The summed E-state index contributed by atoms with van der Waals surface area (Å²) < 4.78 is 0. The third kappa shape index (κ3) is 3.15. The number of imide groups is 2. The number of carbonyl (C=O) groups is 4. The first-order chi connectivity index (χ1) is 14.6. The molecule has 1 aromatic carbocycles.